The van der Waals surface area contributed by atoms with E-state index in [-0.39, 0.29) is 5.91 Å². The number of hydrogen-bond donors (Lipinski definition) is 0. The van der Waals surface area contributed by atoms with Gasteiger partial charge >= 0.3 is 0 Å². The molecular weight excluding hydrogens is 408 g/mol. The molecule has 0 atom stereocenters. The zero-order valence-electron chi connectivity index (χ0n) is 18.7. The Balaban J connectivity index is 1.63. The molecule has 3 aromatic rings. The number of rotatable bonds is 10. The van der Waals surface area contributed by atoms with Gasteiger partial charge in [-0.1, -0.05) is 36.4 Å². The standard InChI is InChI=1S/C25H30N2O3S/c1-18-12-19(2)20(3)23(13-18)30-16-24-26-22(17-31-24)15-27(10-11-29-4)25(28)14-21-8-6-5-7-9-21/h5-9,12-13,17H,10-11,14-16H2,1-4H3. The van der Waals surface area contributed by atoms with Crippen molar-refractivity contribution < 1.29 is 14.3 Å². The third kappa shape index (κ3) is 6.64. The highest BCUT2D eigenvalue weighted by Crippen LogP contribution is 2.25. The number of amides is 1. The Bertz CT molecular complexity index is 1000. The SMILES string of the molecule is COCCN(Cc1csc(COc2cc(C)cc(C)c2C)n1)C(=O)Cc1ccccc1. The van der Waals surface area contributed by atoms with Gasteiger partial charge in [0.2, 0.25) is 5.91 Å². The van der Waals surface area contributed by atoms with Crippen LogP contribution < -0.4 is 4.74 Å². The lowest BCUT2D eigenvalue weighted by atomic mass is 10.1. The second kappa shape index (κ2) is 11.1. The number of ether oxygens (including phenoxy) is 2. The van der Waals surface area contributed by atoms with Crippen LogP contribution in [0.3, 0.4) is 0 Å². The Kier molecular flexibility index (Phi) is 8.20. The summed E-state index contributed by atoms with van der Waals surface area (Å²) in [6, 6.07) is 14.0. The summed E-state index contributed by atoms with van der Waals surface area (Å²) in [6.07, 6.45) is 0.372. The third-order valence-electron chi connectivity index (χ3n) is 5.18. The van der Waals surface area contributed by atoms with E-state index in [1.165, 1.54) is 11.1 Å². The second-order valence-electron chi connectivity index (χ2n) is 7.70. The molecule has 0 saturated carbocycles. The summed E-state index contributed by atoms with van der Waals surface area (Å²) in [5.41, 5.74) is 5.44. The van der Waals surface area contributed by atoms with Crippen molar-refractivity contribution in [3.8, 4) is 5.75 Å². The highest BCUT2D eigenvalue weighted by molar-refractivity contribution is 7.09. The molecule has 0 fully saturated rings. The number of nitrogens with zero attached hydrogens (tertiary/aromatic N) is 2. The number of carbonyl (C=O) groups is 1. The molecule has 2 aromatic carbocycles. The van der Waals surface area contributed by atoms with Crippen LogP contribution in [0.4, 0.5) is 0 Å². The average molecular weight is 439 g/mol. The predicted molar refractivity (Wildman–Crippen MR) is 125 cm³/mol. The van der Waals surface area contributed by atoms with Crippen molar-refractivity contribution in [1.29, 1.82) is 0 Å². The molecule has 5 nitrogen and oxygen atoms in total. The van der Waals surface area contributed by atoms with Crippen molar-refractivity contribution >= 4 is 17.2 Å². The van der Waals surface area contributed by atoms with Gasteiger partial charge in [0.15, 0.2) is 0 Å². The third-order valence-corrected chi connectivity index (χ3v) is 6.05. The van der Waals surface area contributed by atoms with E-state index < -0.39 is 0 Å². The molecule has 0 aliphatic heterocycles. The minimum Gasteiger partial charge on any atom is -0.486 e. The van der Waals surface area contributed by atoms with Gasteiger partial charge in [-0.2, -0.15) is 0 Å². The van der Waals surface area contributed by atoms with Gasteiger partial charge in [0.05, 0.1) is 25.3 Å². The van der Waals surface area contributed by atoms with Crippen LogP contribution in [-0.2, 0) is 29.1 Å². The average Bonchev–Trinajstić information content (AvgIpc) is 3.20. The smallest absolute Gasteiger partial charge is 0.227 e. The maximum absolute atomic E-state index is 12.9. The van der Waals surface area contributed by atoms with Crippen LogP contribution in [0.25, 0.3) is 0 Å². The molecule has 0 aliphatic carbocycles. The molecular formula is C25H30N2O3S. The van der Waals surface area contributed by atoms with Gasteiger partial charge in [0.25, 0.3) is 0 Å². The normalized spacial score (nSPS) is 10.8. The lowest BCUT2D eigenvalue weighted by Crippen LogP contribution is -2.34. The summed E-state index contributed by atoms with van der Waals surface area (Å²) in [5.74, 6) is 0.967. The number of hydrogen-bond acceptors (Lipinski definition) is 5. The highest BCUT2D eigenvalue weighted by atomic mass is 32.1. The quantitative estimate of drug-likeness (QED) is 0.453. The van der Waals surface area contributed by atoms with Crippen LogP contribution in [0.5, 0.6) is 5.75 Å². The van der Waals surface area contributed by atoms with Crippen molar-refractivity contribution in [3.63, 3.8) is 0 Å². The molecule has 1 aromatic heterocycles. The highest BCUT2D eigenvalue weighted by Gasteiger charge is 2.16. The summed E-state index contributed by atoms with van der Waals surface area (Å²) in [7, 11) is 1.65. The first-order valence-corrected chi connectivity index (χ1v) is 11.3. The number of methoxy groups -OCH3 is 1. The van der Waals surface area contributed by atoms with E-state index in [4.69, 9.17) is 14.5 Å². The van der Waals surface area contributed by atoms with Crippen LogP contribution in [0.2, 0.25) is 0 Å². The molecule has 0 unspecified atom stereocenters. The Labute approximate surface area is 188 Å². The maximum Gasteiger partial charge on any atom is 0.227 e. The molecule has 1 amide bonds. The minimum absolute atomic E-state index is 0.0694. The summed E-state index contributed by atoms with van der Waals surface area (Å²) in [4.78, 5) is 19.4. The maximum atomic E-state index is 12.9. The van der Waals surface area contributed by atoms with Gasteiger partial charge in [-0.05, 0) is 49.1 Å². The molecule has 0 N–H and O–H groups in total. The van der Waals surface area contributed by atoms with Gasteiger partial charge < -0.3 is 14.4 Å². The lowest BCUT2D eigenvalue weighted by Gasteiger charge is -2.21. The fraction of sp³-hybridized carbons (Fsp3) is 0.360. The number of aryl methyl sites for hydroxylation is 2. The van der Waals surface area contributed by atoms with E-state index in [0.29, 0.717) is 32.7 Å². The molecule has 0 spiro atoms. The monoisotopic (exact) mass is 438 g/mol. The molecule has 164 valence electrons. The van der Waals surface area contributed by atoms with Crippen molar-refractivity contribution in [2.45, 2.75) is 40.3 Å². The van der Waals surface area contributed by atoms with Crippen molar-refractivity contribution in [1.82, 2.24) is 9.88 Å². The number of aromatic nitrogens is 1. The molecule has 6 heteroatoms. The first-order chi connectivity index (χ1) is 15.0. The summed E-state index contributed by atoms with van der Waals surface area (Å²) < 4.78 is 11.2. The van der Waals surface area contributed by atoms with Crippen molar-refractivity contribution in [2.75, 3.05) is 20.3 Å². The Hall–Kier alpha value is -2.70. The van der Waals surface area contributed by atoms with Gasteiger partial charge in [0.1, 0.15) is 17.4 Å². The van der Waals surface area contributed by atoms with Crippen LogP contribution in [0.15, 0.2) is 47.8 Å². The van der Waals surface area contributed by atoms with Crippen LogP contribution in [0.1, 0.15) is 33.0 Å². The van der Waals surface area contributed by atoms with Crippen molar-refractivity contribution in [2.24, 2.45) is 0 Å². The summed E-state index contributed by atoms with van der Waals surface area (Å²) in [5, 5.41) is 2.90. The van der Waals surface area contributed by atoms with E-state index in [1.54, 1.807) is 18.4 Å². The van der Waals surface area contributed by atoms with Crippen LogP contribution >= 0.6 is 11.3 Å². The van der Waals surface area contributed by atoms with E-state index in [1.807, 2.05) is 40.6 Å². The Morgan fingerprint density at radius 1 is 1.13 bits per heavy atom. The molecule has 0 bridgehead atoms. The second-order valence-corrected chi connectivity index (χ2v) is 8.64. The topological polar surface area (TPSA) is 51.7 Å². The van der Waals surface area contributed by atoms with Gasteiger partial charge in [-0.25, -0.2) is 4.98 Å². The van der Waals surface area contributed by atoms with Crippen LogP contribution in [-0.4, -0.2) is 36.1 Å². The Morgan fingerprint density at radius 2 is 1.90 bits per heavy atom. The van der Waals surface area contributed by atoms with E-state index >= 15 is 0 Å². The number of benzene rings is 2. The van der Waals surface area contributed by atoms with Gasteiger partial charge in [-0.3, -0.25) is 4.79 Å². The molecule has 3 rings (SSSR count). The zero-order valence-corrected chi connectivity index (χ0v) is 19.5. The molecule has 0 saturated heterocycles. The fourth-order valence-corrected chi connectivity index (χ4v) is 4.05. The largest absolute Gasteiger partial charge is 0.486 e. The first-order valence-electron chi connectivity index (χ1n) is 10.4. The van der Waals surface area contributed by atoms with Crippen LogP contribution in [0, 0.1) is 20.8 Å². The first kappa shape index (κ1) is 23.0. The molecule has 1 heterocycles. The summed E-state index contributed by atoms with van der Waals surface area (Å²) >= 11 is 1.56. The van der Waals surface area contributed by atoms with Gasteiger partial charge in [0, 0.05) is 19.0 Å². The zero-order chi connectivity index (χ0) is 22.2. The Morgan fingerprint density at radius 3 is 2.65 bits per heavy atom. The molecule has 31 heavy (non-hydrogen) atoms. The predicted octanol–water partition coefficient (Wildman–Crippen LogP) is 4.87. The minimum atomic E-state index is 0.0694. The summed E-state index contributed by atoms with van der Waals surface area (Å²) in [6.45, 7) is 8.15. The van der Waals surface area contributed by atoms with E-state index in [9.17, 15) is 4.79 Å². The van der Waals surface area contributed by atoms with E-state index in [2.05, 4.69) is 32.9 Å². The lowest BCUT2D eigenvalue weighted by molar-refractivity contribution is -0.131. The fourth-order valence-electron chi connectivity index (χ4n) is 3.35. The molecule has 0 aliphatic rings. The molecule has 0 radical (unpaired) electrons. The number of thiazole rings is 1. The number of carbonyl (C=O) groups excluding carboxylic acids is 1. The van der Waals surface area contributed by atoms with Gasteiger partial charge in [-0.15, -0.1) is 11.3 Å². The van der Waals surface area contributed by atoms with Crippen molar-refractivity contribution in [3.05, 3.63) is 80.8 Å². The van der Waals surface area contributed by atoms with E-state index in [0.717, 1.165) is 27.6 Å².